The molecule has 0 atom stereocenters. The molecule has 0 nitrogen and oxygen atoms in total. The molecular formula is C11H24S2. The molecule has 0 fully saturated rings. The zero-order valence-electron chi connectivity index (χ0n) is 9.18. The van der Waals surface area contributed by atoms with Crippen molar-refractivity contribution >= 4 is 23.5 Å². The predicted molar refractivity (Wildman–Crippen MR) is 69.1 cm³/mol. The summed E-state index contributed by atoms with van der Waals surface area (Å²) < 4.78 is 0. The first-order chi connectivity index (χ1) is 6.41. The smallest absolute Gasteiger partial charge is 0.00703 e. The van der Waals surface area contributed by atoms with Crippen molar-refractivity contribution in [1.29, 1.82) is 0 Å². The van der Waals surface area contributed by atoms with Crippen LogP contribution in [0.2, 0.25) is 0 Å². The van der Waals surface area contributed by atoms with Crippen molar-refractivity contribution in [2.45, 2.75) is 44.9 Å². The topological polar surface area (TPSA) is 0 Å². The normalized spacial score (nSPS) is 10.6. The molecule has 0 aromatic carbocycles. The Balaban J connectivity index is 2.76. The first-order valence-electron chi connectivity index (χ1n) is 5.39. The highest BCUT2D eigenvalue weighted by Crippen LogP contribution is 2.10. The van der Waals surface area contributed by atoms with Gasteiger partial charge in [-0.25, -0.2) is 0 Å². The number of hydrogen-bond donors (Lipinski definition) is 0. The van der Waals surface area contributed by atoms with Crippen LogP contribution in [-0.4, -0.2) is 24.0 Å². The summed E-state index contributed by atoms with van der Waals surface area (Å²) in [6.45, 7) is 0. The van der Waals surface area contributed by atoms with E-state index in [-0.39, 0.29) is 0 Å². The molecule has 0 unspecified atom stereocenters. The fourth-order valence-corrected chi connectivity index (χ4v) is 2.36. The molecule has 0 rings (SSSR count). The summed E-state index contributed by atoms with van der Waals surface area (Å²) in [6.07, 6.45) is 14.5. The van der Waals surface area contributed by atoms with E-state index >= 15 is 0 Å². The minimum Gasteiger partial charge on any atom is -0.165 e. The lowest BCUT2D eigenvalue weighted by Crippen LogP contribution is -1.83. The Bertz CT molecular complexity index is 74.2. The fourth-order valence-electron chi connectivity index (χ4n) is 1.38. The van der Waals surface area contributed by atoms with Gasteiger partial charge in [0.1, 0.15) is 0 Å². The molecule has 13 heavy (non-hydrogen) atoms. The summed E-state index contributed by atoms with van der Waals surface area (Å²) in [4.78, 5) is 0. The summed E-state index contributed by atoms with van der Waals surface area (Å²) in [6, 6.07) is 0. The van der Waals surface area contributed by atoms with E-state index in [1.165, 1.54) is 56.5 Å². The summed E-state index contributed by atoms with van der Waals surface area (Å²) >= 11 is 3.95. The summed E-state index contributed by atoms with van der Waals surface area (Å²) in [7, 11) is 0. The Kier molecular flexibility index (Phi) is 13.4. The highest BCUT2D eigenvalue weighted by molar-refractivity contribution is 7.98. The molecule has 2 heteroatoms. The van der Waals surface area contributed by atoms with E-state index in [0.29, 0.717) is 0 Å². The lowest BCUT2D eigenvalue weighted by Gasteiger charge is -2.00. The van der Waals surface area contributed by atoms with Gasteiger partial charge in [-0.3, -0.25) is 0 Å². The number of unbranched alkanes of at least 4 members (excludes halogenated alkanes) is 6. The predicted octanol–water partition coefficient (Wildman–Crippen LogP) is 4.44. The fraction of sp³-hybridized carbons (Fsp3) is 1.00. The molecule has 0 aliphatic heterocycles. The lowest BCUT2D eigenvalue weighted by molar-refractivity contribution is 0.605. The third kappa shape index (κ3) is 12.7. The van der Waals surface area contributed by atoms with Crippen molar-refractivity contribution in [2.75, 3.05) is 24.0 Å². The van der Waals surface area contributed by atoms with Crippen LogP contribution in [0, 0.1) is 0 Å². The highest BCUT2D eigenvalue weighted by atomic mass is 32.2. The lowest BCUT2D eigenvalue weighted by atomic mass is 10.1. The van der Waals surface area contributed by atoms with Gasteiger partial charge in [0.2, 0.25) is 0 Å². The van der Waals surface area contributed by atoms with Gasteiger partial charge >= 0.3 is 0 Å². The molecule has 0 saturated carbocycles. The summed E-state index contributed by atoms with van der Waals surface area (Å²) in [5, 5.41) is 0. The second kappa shape index (κ2) is 12.7. The van der Waals surface area contributed by atoms with Crippen LogP contribution < -0.4 is 0 Å². The van der Waals surface area contributed by atoms with E-state index in [1.54, 1.807) is 0 Å². The first kappa shape index (κ1) is 13.7. The molecule has 0 N–H and O–H groups in total. The molecule has 80 valence electrons. The van der Waals surface area contributed by atoms with Crippen molar-refractivity contribution in [3.8, 4) is 0 Å². The van der Waals surface area contributed by atoms with Gasteiger partial charge in [0, 0.05) is 0 Å². The van der Waals surface area contributed by atoms with Crippen LogP contribution in [0.1, 0.15) is 44.9 Å². The third-order valence-electron chi connectivity index (χ3n) is 2.20. The molecule has 0 saturated heterocycles. The average Bonchev–Trinajstić information content (AvgIpc) is 2.16. The van der Waals surface area contributed by atoms with Crippen LogP contribution >= 0.6 is 23.5 Å². The van der Waals surface area contributed by atoms with Crippen LogP contribution in [0.3, 0.4) is 0 Å². The number of rotatable bonds is 10. The Morgan fingerprint density at radius 1 is 0.538 bits per heavy atom. The van der Waals surface area contributed by atoms with Crippen LogP contribution in [-0.2, 0) is 0 Å². The largest absolute Gasteiger partial charge is 0.165 e. The van der Waals surface area contributed by atoms with Gasteiger partial charge in [0.05, 0.1) is 0 Å². The van der Waals surface area contributed by atoms with Gasteiger partial charge in [-0.2, -0.15) is 23.5 Å². The highest BCUT2D eigenvalue weighted by Gasteiger charge is 1.91. The first-order valence-corrected chi connectivity index (χ1v) is 8.18. The zero-order chi connectivity index (χ0) is 9.78. The van der Waals surface area contributed by atoms with Crippen molar-refractivity contribution in [1.82, 2.24) is 0 Å². The van der Waals surface area contributed by atoms with E-state index in [4.69, 9.17) is 0 Å². The quantitative estimate of drug-likeness (QED) is 0.499. The maximum atomic E-state index is 2.20. The Morgan fingerprint density at radius 3 is 1.15 bits per heavy atom. The molecule has 0 radical (unpaired) electrons. The van der Waals surface area contributed by atoms with Gasteiger partial charge < -0.3 is 0 Å². The molecular weight excluding hydrogens is 196 g/mol. The minimum absolute atomic E-state index is 1.35. The molecule has 0 amide bonds. The SMILES string of the molecule is CSCCCCCCCCCSC. The van der Waals surface area contributed by atoms with Crippen molar-refractivity contribution in [3.05, 3.63) is 0 Å². The zero-order valence-corrected chi connectivity index (χ0v) is 10.8. The molecule has 0 aromatic rings. The number of thioether (sulfide) groups is 2. The van der Waals surface area contributed by atoms with Gasteiger partial charge in [0.25, 0.3) is 0 Å². The summed E-state index contributed by atoms with van der Waals surface area (Å²) in [5.41, 5.74) is 0. The van der Waals surface area contributed by atoms with Crippen molar-refractivity contribution in [2.24, 2.45) is 0 Å². The third-order valence-corrected chi connectivity index (χ3v) is 3.59. The van der Waals surface area contributed by atoms with Crippen LogP contribution in [0.5, 0.6) is 0 Å². The second-order valence-corrected chi connectivity index (χ2v) is 5.43. The Morgan fingerprint density at radius 2 is 0.846 bits per heavy atom. The average molecular weight is 220 g/mol. The van der Waals surface area contributed by atoms with Gasteiger partial charge in [-0.1, -0.05) is 32.1 Å². The minimum atomic E-state index is 1.35. The van der Waals surface area contributed by atoms with E-state index < -0.39 is 0 Å². The molecule has 0 bridgehead atoms. The second-order valence-electron chi connectivity index (χ2n) is 3.46. The number of hydrogen-bond acceptors (Lipinski definition) is 2. The maximum Gasteiger partial charge on any atom is -0.00703 e. The molecule has 0 aliphatic rings. The Hall–Kier alpha value is 0.700. The standard InChI is InChI=1S/C11H24S2/c1-12-10-8-6-4-3-5-7-9-11-13-2/h3-11H2,1-2H3. The molecule has 0 spiro atoms. The van der Waals surface area contributed by atoms with Crippen molar-refractivity contribution in [3.63, 3.8) is 0 Å². The molecule has 0 heterocycles. The van der Waals surface area contributed by atoms with E-state index in [1.807, 2.05) is 23.5 Å². The van der Waals surface area contributed by atoms with Gasteiger partial charge in [0.15, 0.2) is 0 Å². The Labute approximate surface area is 92.6 Å². The van der Waals surface area contributed by atoms with Gasteiger partial charge in [-0.15, -0.1) is 0 Å². The molecule has 0 aliphatic carbocycles. The van der Waals surface area contributed by atoms with Crippen LogP contribution in [0.25, 0.3) is 0 Å². The van der Waals surface area contributed by atoms with Crippen molar-refractivity contribution < 1.29 is 0 Å². The van der Waals surface area contributed by atoms with E-state index in [9.17, 15) is 0 Å². The van der Waals surface area contributed by atoms with Crippen LogP contribution in [0.15, 0.2) is 0 Å². The van der Waals surface area contributed by atoms with Crippen LogP contribution in [0.4, 0.5) is 0 Å². The molecule has 0 aromatic heterocycles. The van der Waals surface area contributed by atoms with E-state index in [2.05, 4.69) is 12.5 Å². The maximum absolute atomic E-state index is 2.20. The summed E-state index contributed by atoms with van der Waals surface area (Å²) in [5.74, 6) is 2.71. The van der Waals surface area contributed by atoms with Gasteiger partial charge in [-0.05, 0) is 36.9 Å². The van der Waals surface area contributed by atoms with E-state index in [0.717, 1.165) is 0 Å². The monoisotopic (exact) mass is 220 g/mol.